The Labute approximate surface area is 150 Å². The maximum atomic E-state index is 12.3. The van der Waals surface area contributed by atoms with Gasteiger partial charge in [0.25, 0.3) is 0 Å². The molecule has 3 aromatic rings. The van der Waals surface area contributed by atoms with E-state index in [0.29, 0.717) is 23.7 Å². The molecule has 2 aromatic carbocycles. The molecule has 0 aliphatic rings. The van der Waals surface area contributed by atoms with E-state index < -0.39 is 0 Å². The number of fused-ring (bicyclic) bond motifs is 1. The fourth-order valence-corrected chi connectivity index (χ4v) is 2.71. The van der Waals surface area contributed by atoms with Crippen LogP contribution in [0.15, 0.2) is 51.7 Å². The van der Waals surface area contributed by atoms with E-state index in [-0.39, 0.29) is 27.9 Å². The van der Waals surface area contributed by atoms with Crippen molar-refractivity contribution < 1.29 is 19.4 Å². The van der Waals surface area contributed by atoms with Crippen LogP contribution in [0.4, 0.5) is 0 Å². The molecule has 6 nitrogen and oxygen atoms in total. The van der Waals surface area contributed by atoms with Gasteiger partial charge in [-0.05, 0) is 32.6 Å². The number of benzene rings is 2. The molecule has 0 unspecified atom stereocenters. The van der Waals surface area contributed by atoms with E-state index in [4.69, 9.17) is 9.15 Å². The molecule has 0 radical (unpaired) electrons. The number of phenolic OH excluding ortho intramolecular Hbond substituents is 2. The first-order valence-corrected chi connectivity index (χ1v) is 8.32. The van der Waals surface area contributed by atoms with Crippen molar-refractivity contribution in [3.63, 3.8) is 0 Å². The van der Waals surface area contributed by atoms with Gasteiger partial charge in [-0.1, -0.05) is 12.1 Å². The Balaban J connectivity index is 1.89. The maximum absolute atomic E-state index is 12.3. The Morgan fingerprint density at radius 3 is 2.69 bits per heavy atom. The van der Waals surface area contributed by atoms with E-state index >= 15 is 0 Å². The molecule has 0 saturated heterocycles. The molecule has 1 aromatic heterocycles. The normalized spacial score (nSPS) is 11.2. The van der Waals surface area contributed by atoms with Gasteiger partial charge in [-0.2, -0.15) is 0 Å². The van der Waals surface area contributed by atoms with Crippen LogP contribution in [-0.2, 0) is 0 Å². The third-order valence-corrected chi connectivity index (χ3v) is 3.93. The lowest BCUT2D eigenvalue weighted by Crippen LogP contribution is -2.15. The minimum absolute atomic E-state index is 0.0441. The Morgan fingerprint density at radius 1 is 1.12 bits per heavy atom. The van der Waals surface area contributed by atoms with Gasteiger partial charge in [-0.15, -0.1) is 0 Å². The molecule has 0 amide bonds. The molecule has 1 heterocycles. The lowest BCUT2D eigenvalue weighted by Gasteiger charge is -2.11. The number of rotatable bonds is 6. The zero-order valence-corrected chi connectivity index (χ0v) is 14.7. The van der Waals surface area contributed by atoms with Crippen LogP contribution in [0.5, 0.6) is 17.2 Å². The van der Waals surface area contributed by atoms with Crippen LogP contribution in [-0.4, -0.2) is 42.4 Å². The number of hydrogen-bond donors (Lipinski definition) is 2. The summed E-state index contributed by atoms with van der Waals surface area (Å²) in [4.78, 5) is 14.4. The molecule has 0 aliphatic heterocycles. The summed E-state index contributed by atoms with van der Waals surface area (Å²) >= 11 is 0. The third kappa shape index (κ3) is 3.97. The number of aromatic hydroxyl groups is 2. The molecule has 0 spiro atoms. The minimum Gasteiger partial charge on any atom is -0.508 e. The molecule has 26 heavy (non-hydrogen) atoms. The average molecular weight is 355 g/mol. The second kappa shape index (κ2) is 7.49. The highest BCUT2D eigenvalue weighted by Gasteiger charge is 2.12. The lowest BCUT2D eigenvalue weighted by atomic mass is 10.1. The fraction of sp³-hybridized carbons (Fsp3) is 0.250. The topological polar surface area (TPSA) is 83.1 Å². The summed E-state index contributed by atoms with van der Waals surface area (Å²) in [6, 6.07) is 11.0. The third-order valence-electron chi connectivity index (χ3n) is 3.93. The molecule has 136 valence electrons. The van der Waals surface area contributed by atoms with Gasteiger partial charge in [0.1, 0.15) is 34.0 Å². The first-order valence-electron chi connectivity index (χ1n) is 8.32. The zero-order valence-electron chi connectivity index (χ0n) is 14.7. The number of nitrogens with zero attached hydrogens (tertiary/aromatic N) is 1. The van der Waals surface area contributed by atoms with E-state index in [0.717, 1.165) is 19.0 Å². The van der Waals surface area contributed by atoms with Crippen molar-refractivity contribution in [3.05, 3.63) is 52.7 Å². The average Bonchev–Trinajstić information content (AvgIpc) is 2.58. The second-order valence-electron chi connectivity index (χ2n) is 6.35. The summed E-state index contributed by atoms with van der Waals surface area (Å²) in [5, 5.41) is 19.5. The Bertz CT molecular complexity index is 978. The molecule has 0 aliphatic carbocycles. The quantitative estimate of drug-likeness (QED) is 0.661. The van der Waals surface area contributed by atoms with Crippen LogP contribution < -0.4 is 10.2 Å². The summed E-state index contributed by atoms with van der Waals surface area (Å²) < 4.78 is 11.5. The van der Waals surface area contributed by atoms with Gasteiger partial charge in [0.2, 0.25) is 0 Å². The van der Waals surface area contributed by atoms with Gasteiger partial charge >= 0.3 is 0 Å². The van der Waals surface area contributed by atoms with E-state index in [9.17, 15) is 15.0 Å². The summed E-state index contributed by atoms with van der Waals surface area (Å²) in [6.45, 7) is 1.53. The van der Waals surface area contributed by atoms with Gasteiger partial charge < -0.3 is 24.3 Å². The minimum atomic E-state index is -0.379. The van der Waals surface area contributed by atoms with Crippen LogP contribution in [0.2, 0.25) is 0 Å². The predicted octanol–water partition coefficient (Wildman–Crippen LogP) is 3.20. The van der Waals surface area contributed by atoms with E-state index in [1.165, 1.54) is 12.1 Å². The van der Waals surface area contributed by atoms with Crippen LogP contribution in [0, 0.1) is 0 Å². The van der Waals surface area contributed by atoms with Crippen molar-refractivity contribution in [2.24, 2.45) is 0 Å². The van der Waals surface area contributed by atoms with Crippen LogP contribution in [0.1, 0.15) is 6.42 Å². The van der Waals surface area contributed by atoms with Gasteiger partial charge in [0.05, 0.1) is 6.61 Å². The van der Waals surface area contributed by atoms with E-state index in [2.05, 4.69) is 4.90 Å². The second-order valence-corrected chi connectivity index (χ2v) is 6.35. The van der Waals surface area contributed by atoms with Crippen LogP contribution in [0.3, 0.4) is 0 Å². The van der Waals surface area contributed by atoms with Crippen LogP contribution in [0.25, 0.3) is 22.3 Å². The first-order chi connectivity index (χ1) is 12.4. The standard InChI is InChI=1S/C20H21NO5/c1-21(2)7-4-8-25-15-6-3-5-13(9-15)18-12-17(24)20-16(23)10-14(22)11-19(20)26-18/h3,5-6,9-12,22-23H,4,7-8H2,1-2H3. The van der Waals surface area contributed by atoms with Gasteiger partial charge in [0, 0.05) is 30.3 Å². The van der Waals surface area contributed by atoms with Crippen LogP contribution >= 0.6 is 0 Å². The SMILES string of the molecule is CN(C)CCCOc1cccc(-c2cc(=O)c3c(O)cc(O)cc3o2)c1. The molecule has 2 N–H and O–H groups in total. The highest BCUT2D eigenvalue weighted by molar-refractivity contribution is 5.86. The number of hydrogen-bond acceptors (Lipinski definition) is 6. The number of ether oxygens (including phenoxy) is 1. The molecule has 0 fully saturated rings. The van der Waals surface area contributed by atoms with Gasteiger partial charge in [-0.3, -0.25) is 4.79 Å². The Kier molecular flexibility index (Phi) is 5.14. The molecule has 0 saturated carbocycles. The number of phenols is 2. The van der Waals surface area contributed by atoms with Gasteiger partial charge in [0.15, 0.2) is 5.43 Å². The Hall–Kier alpha value is -2.99. The van der Waals surface area contributed by atoms with Crippen molar-refractivity contribution in [1.82, 2.24) is 4.90 Å². The van der Waals surface area contributed by atoms with Crippen molar-refractivity contribution in [2.45, 2.75) is 6.42 Å². The highest BCUT2D eigenvalue weighted by atomic mass is 16.5. The summed E-state index contributed by atoms with van der Waals surface area (Å²) in [5.74, 6) is 0.542. The van der Waals surface area contributed by atoms with Gasteiger partial charge in [-0.25, -0.2) is 0 Å². The molecule has 3 rings (SSSR count). The molecule has 0 bridgehead atoms. The fourth-order valence-electron chi connectivity index (χ4n) is 2.71. The molecular weight excluding hydrogens is 334 g/mol. The van der Waals surface area contributed by atoms with Crippen molar-refractivity contribution in [3.8, 4) is 28.6 Å². The Morgan fingerprint density at radius 2 is 1.92 bits per heavy atom. The predicted molar refractivity (Wildman–Crippen MR) is 99.9 cm³/mol. The smallest absolute Gasteiger partial charge is 0.197 e. The monoisotopic (exact) mass is 355 g/mol. The summed E-state index contributed by atoms with van der Waals surface area (Å²) in [7, 11) is 4.02. The molecular formula is C20H21NO5. The van der Waals surface area contributed by atoms with Crippen molar-refractivity contribution in [1.29, 1.82) is 0 Å². The zero-order chi connectivity index (χ0) is 18.7. The first kappa shape index (κ1) is 17.8. The summed E-state index contributed by atoms with van der Waals surface area (Å²) in [6.07, 6.45) is 0.904. The van der Waals surface area contributed by atoms with E-state index in [1.807, 2.05) is 26.2 Å². The van der Waals surface area contributed by atoms with Crippen molar-refractivity contribution >= 4 is 11.0 Å². The van der Waals surface area contributed by atoms with E-state index in [1.54, 1.807) is 12.1 Å². The highest BCUT2D eigenvalue weighted by Crippen LogP contribution is 2.31. The maximum Gasteiger partial charge on any atom is 0.197 e. The van der Waals surface area contributed by atoms with Crippen molar-refractivity contribution in [2.75, 3.05) is 27.2 Å². The lowest BCUT2D eigenvalue weighted by molar-refractivity contribution is 0.281. The summed E-state index contributed by atoms with van der Waals surface area (Å²) in [5.41, 5.74) is 0.426. The molecule has 6 heteroatoms. The molecule has 0 atom stereocenters. The largest absolute Gasteiger partial charge is 0.508 e.